The highest BCUT2D eigenvalue weighted by atomic mass is 15.0. The summed E-state index contributed by atoms with van der Waals surface area (Å²) in [6.07, 6.45) is 0. The van der Waals surface area contributed by atoms with Crippen molar-refractivity contribution in [3.8, 4) is 0 Å². The molecule has 0 spiro atoms. The number of hydrogen-bond acceptors (Lipinski definition) is 1. The van der Waals surface area contributed by atoms with Crippen LogP contribution in [-0.2, 0) is 0 Å². The van der Waals surface area contributed by atoms with Crippen LogP contribution in [0.4, 0.5) is 0 Å². The van der Waals surface area contributed by atoms with Crippen LogP contribution >= 0.6 is 0 Å². The summed E-state index contributed by atoms with van der Waals surface area (Å²) < 4.78 is 0. The molecule has 132 valence electrons. The monoisotopic (exact) mass is 349 g/mol. The summed E-state index contributed by atoms with van der Waals surface area (Å²) in [6, 6.07) is 31.1. The molecule has 0 aliphatic carbocycles. The first-order valence-corrected chi connectivity index (χ1v) is 9.62. The zero-order valence-corrected chi connectivity index (χ0v) is 15.7. The Hall–Kier alpha value is -2.90. The first-order chi connectivity index (χ1) is 13.2. The fourth-order valence-corrected chi connectivity index (χ4v) is 4.58. The third-order valence-electron chi connectivity index (χ3n) is 5.88. The molecule has 0 bridgehead atoms. The minimum Gasteiger partial charge on any atom is -0.295 e. The van der Waals surface area contributed by atoms with Crippen LogP contribution in [0.3, 0.4) is 0 Å². The van der Waals surface area contributed by atoms with Crippen LogP contribution in [0.25, 0.3) is 10.8 Å². The van der Waals surface area contributed by atoms with Gasteiger partial charge in [0, 0.05) is 0 Å². The molecule has 4 aromatic rings. The van der Waals surface area contributed by atoms with Crippen molar-refractivity contribution in [2.45, 2.75) is 25.9 Å². The molecule has 0 amide bonds. The summed E-state index contributed by atoms with van der Waals surface area (Å²) in [5, 5.41) is 6.74. The molecule has 5 rings (SSSR count). The van der Waals surface area contributed by atoms with E-state index < -0.39 is 0 Å². The molecule has 1 heteroatoms. The molecule has 1 nitrogen and oxygen atoms in total. The van der Waals surface area contributed by atoms with E-state index in [2.05, 4.69) is 104 Å². The van der Waals surface area contributed by atoms with Crippen LogP contribution in [0, 0.1) is 13.8 Å². The van der Waals surface area contributed by atoms with E-state index in [-0.39, 0.29) is 12.1 Å². The Morgan fingerprint density at radius 2 is 1.00 bits per heavy atom. The highest BCUT2D eigenvalue weighted by Crippen LogP contribution is 2.44. The minimum atomic E-state index is 0.189. The van der Waals surface area contributed by atoms with E-state index in [4.69, 9.17) is 0 Å². The first kappa shape index (κ1) is 16.3. The van der Waals surface area contributed by atoms with Crippen molar-refractivity contribution >= 4 is 10.8 Å². The lowest BCUT2D eigenvalue weighted by Gasteiger charge is -2.36. The van der Waals surface area contributed by atoms with Crippen LogP contribution in [0.15, 0.2) is 84.9 Å². The van der Waals surface area contributed by atoms with Gasteiger partial charge in [0.15, 0.2) is 0 Å². The maximum atomic E-state index is 3.98. The zero-order valence-electron chi connectivity index (χ0n) is 15.7. The molecular weight excluding hydrogens is 326 g/mol. The third kappa shape index (κ3) is 2.58. The van der Waals surface area contributed by atoms with Gasteiger partial charge in [0.05, 0.1) is 12.1 Å². The van der Waals surface area contributed by atoms with Crippen molar-refractivity contribution in [1.29, 1.82) is 0 Å². The van der Waals surface area contributed by atoms with Crippen LogP contribution in [0.1, 0.15) is 45.5 Å². The molecule has 0 radical (unpaired) electrons. The van der Waals surface area contributed by atoms with Crippen LogP contribution < -0.4 is 5.32 Å². The van der Waals surface area contributed by atoms with E-state index in [9.17, 15) is 0 Å². The predicted molar refractivity (Wildman–Crippen MR) is 113 cm³/mol. The normalized spacial score (nSPS) is 18.6. The fraction of sp³-hybridized carbons (Fsp3) is 0.154. The number of nitrogens with one attached hydrogen (secondary N) is 1. The molecule has 1 heterocycles. The third-order valence-corrected chi connectivity index (χ3v) is 5.88. The molecule has 1 aliphatic heterocycles. The number of benzene rings is 4. The summed E-state index contributed by atoms with van der Waals surface area (Å²) >= 11 is 0. The van der Waals surface area contributed by atoms with Crippen molar-refractivity contribution in [2.75, 3.05) is 0 Å². The van der Waals surface area contributed by atoms with E-state index in [0.29, 0.717) is 0 Å². The molecule has 2 atom stereocenters. The predicted octanol–water partition coefficient (Wildman–Crippen LogP) is 6.24. The van der Waals surface area contributed by atoms with Crippen molar-refractivity contribution in [1.82, 2.24) is 5.32 Å². The lowest BCUT2D eigenvalue weighted by molar-refractivity contribution is 0.528. The van der Waals surface area contributed by atoms with Crippen molar-refractivity contribution in [2.24, 2.45) is 0 Å². The van der Waals surface area contributed by atoms with Crippen LogP contribution in [0.5, 0.6) is 0 Å². The highest BCUT2D eigenvalue weighted by molar-refractivity contribution is 5.93. The molecular formula is C26H23N. The second kappa shape index (κ2) is 6.37. The fourth-order valence-electron chi connectivity index (χ4n) is 4.58. The Morgan fingerprint density at radius 1 is 0.556 bits per heavy atom. The minimum absolute atomic E-state index is 0.189. The molecule has 1 N–H and O–H groups in total. The van der Waals surface area contributed by atoms with Gasteiger partial charge in [0.1, 0.15) is 0 Å². The van der Waals surface area contributed by atoms with E-state index in [0.717, 1.165) is 0 Å². The molecule has 0 saturated heterocycles. The second-order valence-corrected chi connectivity index (χ2v) is 7.54. The molecule has 1 aliphatic rings. The summed E-state index contributed by atoms with van der Waals surface area (Å²) in [5.41, 5.74) is 8.18. The Kier molecular flexibility index (Phi) is 3.84. The standard InChI is InChI=1S/C26H23N/c1-17-13-15-19-16-14-18(2)23-24(19)22(17)25(20-9-5-3-6-10-20)27-26(23)21-11-7-4-8-12-21/h3-16,25-27H,1-2H3/t25-,26-/m0/s1. The van der Waals surface area contributed by atoms with Gasteiger partial charge >= 0.3 is 0 Å². The summed E-state index contributed by atoms with van der Waals surface area (Å²) in [6.45, 7) is 4.47. The molecule has 27 heavy (non-hydrogen) atoms. The van der Waals surface area contributed by atoms with E-state index in [1.165, 1.54) is 44.2 Å². The average Bonchev–Trinajstić information content (AvgIpc) is 2.73. The van der Waals surface area contributed by atoms with E-state index in [1.54, 1.807) is 0 Å². The molecule has 0 saturated carbocycles. The Bertz CT molecular complexity index is 1030. The smallest absolute Gasteiger partial charge is 0.0592 e. The topological polar surface area (TPSA) is 12.0 Å². The largest absolute Gasteiger partial charge is 0.295 e. The lowest BCUT2D eigenvalue weighted by Crippen LogP contribution is -2.33. The SMILES string of the molecule is Cc1ccc2ccc(C)c3c2c1[C@H](c1ccccc1)N[C@H]3c1ccccc1. The highest BCUT2D eigenvalue weighted by Gasteiger charge is 2.32. The van der Waals surface area contributed by atoms with Gasteiger partial charge in [-0.2, -0.15) is 0 Å². The maximum Gasteiger partial charge on any atom is 0.0592 e. The van der Waals surface area contributed by atoms with E-state index >= 15 is 0 Å². The average molecular weight is 349 g/mol. The Morgan fingerprint density at radius 3 is 1.44 bits per heavy atom. The molecule has 0 fully saturated rings. The van der Waals surface area contributed by atoms with Crippen molar-refractivity contribution < 1.29 is 0 Å². The number of rotatable bonds is 2. The zero-order chi connectivity index (χ0) is 18.4. The first-order valence-electron chi connectivity index (χ1n) is 9.62. The Labute approximate surface area is 160 Å². The van der Waals surface area contributed by atoms with Crippen molar-refractivity contribution in [3.63, 3.8) is 0 Å². The van der Waals surface area contributed by atoms with E-state index in [1.807, 2.05) is 0 Å². The molecule has 0 aromatic heterocycles. The molecule has 0 unspecified atom stereocenters. The van der Waals surface area contributed by atoms with Gasteiger partial charge in [-0.1, -0.05) is 84.9 Å². The summed E-state index contributed by atoms with van der Waals surface area (Å²) in [7, 11) is 0. The van der Waals surface area contributed by atoms with Gasteiger partial charge in [0.2, 0.25) is 0 Å². The summed E-state index contributed by atoms with van der Waals surface area (Å²) in [4.78, 5) is 0. The number of hydrogen-bond donors (Lipinski definition) is 1. The van der Waals surface area contributed by atoms with Gasteiger partial charge in [-0.15, -0.1) is 0 Å². The van der Waals surface area contributed by atoms with Crippen LogP contribution in [0.2, 0.25) is 0 Å². The second-order valence-electron chi connectivity index (χ2n) is 7.54. The van der Waals surface area contributed by atoms with Gasteiger partial charge in [-0.25, -0.2) is 0 Å². The van der Waals surface area contributed by atoms with Gasteiger partial charge < -0.3 is 0 Å². The lowest BCUT2D eigenvalue weighted by atomic mass is 9.79. The van der Waals surface area contributed by atoms with Crippen molar-refractivity contribution in [3.05, 3.63) is 118 Å². The van der Waals surface area contributed by atoms with Gasteiger partial charge in [-0.3, -0.25) is 5.32 Å². The maximum absolute atomic E-state index is 3.98. The molecule has 4 aromatic carbocycles. The van der Waals surface area contributed by atoms with Gasteiger partial charge in [-0.05, 0) is 58.0 Å². The Balaban J connectivity index is 1.86. The van der Waals surface area contributed by atoms with Gasteiger partial charge in [0.25, 0.3) is 0 Å². The summed E-state index contributed by atoms with van der Waals surface area (Å²) in [5.74, 6) is 0. The van der Waals surface area contributed by atoms with Crippen LogP contribution in [-0.4, -0.2) is 0 Å². The number of aryl methyl sites for hydroxylation is 2. The quantitative estimate of drug-likeness (QED) is 0.452.